The van der Waals surface area contributed by atoms with Crippen LogP contribution in [-0.4, -0.2) is 32.6 Å². The number of rotatable bonds is 9. The first kappa shape index (κ1) is 23.5. The standard InChI is InChI=1S/C26H33N3O3S/c1-3-7-19(15-25(30)31)27-26(32)18-11-12-23-21(14-18)28-24(16-20-9-6-13-33-20)29(23)22-10-5-4-8-17(22)2/h6,9,11-14,17,19,22H,3-5,7-8,10,15-16H2,1-2H3,(H,27,32)(H,30,31). The fourth-order valence-corrected chi connectivity index (χ4v) is 5.79. The summed E-state index contributed by atoms with van der Waals surface area (Å²) < 4.78 is 2.42. The zero-order valence-corrected chi connectivity index (χ0v) is 20.2. The predicted octanol–water partition coefficient (Wildman–Crippen LogP) is 5.81. The molecule has 33 heavy (non-hydrogen) atoms. The normalized spacial score (nSPS) is 19.5. The van der Waals surface area contributed by atoms with Crippen LogP contribution < -0.4 is 5.32 Å². The highest BCUT2D eigenvalue weighted by Crippen LogP contribution is 2.37. The molecule has 2 heterocycles. The van der Waals surface area contributed by atoms with Crippen LogP contribution in [0.2, 0.25) is 0 Å². The molecule has 1 amide bonds. The van der Waals surface area contributed by atoms with Gasteiger partial charge in [-0.3, -0.25) is 9.59 Å². The number of carboxylic acids is 1. The molecule has 3 atom stereocenters. The number of aromatic nitrogens is 2. The van der Waals surface area contributed by atoms with Gasteiger partial charge in [0, 0.05) is 28.9 Å². The number of nitrogens with one attached hydrogen (secondary N) is 1. The van der Waals surface area contributed by atoms with Crippen LogP contribution in [0.3, 0.4) is 0 Å². The quantitative estimate of drug-likeness (QED) is 0.416. The predicted molar refractivity (Wildman–Crippen MR) is 132 cm³/mol. The highest BCUT2D eigenvalue weighted by atomic mass is 32.1. The van der Waals surface area contributed by atoms with Gasteiger partial charge in [0.05, 0.1) is 17.5 Å². The number of benzene rings is 1. The van der Waals surface area contributed by atoms with Crippen molar-refractivity contribution in [1.82, 2.24) is 14.9 Å². The summed E-state index contributed by atoms with van der Waals surface area (Å²) in [6.07, 6.45) is 7.06. The first-order valence-electron chi connectivity index (χ1n) is 12.0. The molecule has 0 aliphatic heterocycles. The van der Waals surface area contributed by atoms with Gasteiger partial charge >= 0.3 is 5.97 Å². The van der Waals surface area contributed by atoms with Crippen molar-refractivity contribution in [3.63, 3.8) is 0 Å². The molecule has 0 bridgehead atoms. The first-order chi connectivity index (χ1) is 16.0. The number of thiophene rings is 1. The zero-order chi connectivity index (χ0) is 23.4. The molecular weight excluding hydrogens is 434 g/mol. The fourth-order valence-electron chi connectivity index (χ4n) is 5.09. The van der Waals surface area contributed by atoms with Crippen molar-refractivity contribution in [3.8, 4) is 0 Å². The molecule has 6 nitrogen and oxygen atoms in total. The van der Waals surface area contributed by atoms with Gasteiger partial charge in [-0.15, -0.1) is 11.3 Å². The Balaban J connectivity index is 1.67. The van der Waals surface area contributed by atoms with Crippen LogP contribution in [0.25, 0.3) is 11.0 Å². The highest BCUT2D eigenvalue weighted by molar-refractivity contribution is 7.09. The van der Waals surface area contributed by atoms with Crippen LogP contribution in [0.15, 0.2) is 35.7 Å². The number of nitrogens with zero attached hydrogens (tertiary/aromatic N) is 2. The second-order valence-electron chi connectivity index (χ2n) is 9.24. The molecule has 1 aromatic carbocycles. The number of imidazole rings is 1. The van der Waals surface area contributed by atoms with E-state index in [1.807, 2.05) is 25.1 Å². The van der Waals surface area contributed by atoms with Gasteiger partial charge in [-0.1, -0.05) is 39.2 Å². The van der Waals surface area contributed by atoms with E-state index in [1.165, 1.54) is 24.1 Å². The van der Waals surface area contributed by atoms with Crippen LogP contribution in [0.4, 0.5) is 0 Å². The van der Waals surface area contributed by atoms with Crippen molar-refractivity contribution in [2.24, 2.45) is 5.92 Å². The lowest BCUT2D eigenvalue weighted by Gasteiger charge is -2.31. The van der Waals surface area contributed by atoms with Gasteiger partial charge in [0.15, 0.2) is 0 Å². The maximum atomic E-state index is 12.9. The molecule has 1 aliphatic rings. The summed E-state index contributed by atoms with van der Waals surface area (Å²) in [7, 11) is 0. The Kier molecular flexibility index (Phi) is 7.48. The molecule has 0 radical (unpaired) electrons. The monoisotopic (exact) mass is 467 g/mol. The van der Waals surface area contributed by atoms with E-state index < -0.39 is 5.97 Å². The van der Waals surface area contributed by atoms with Crippen LogP contribution in [-0.2, 0) is 11.2 Å². The summed E-state index contributed by atoms with van der Waals surface area (Å²) in [6, 6.07) is 9.99. The molecule has 176 valence electrons. The molecule has 3 aromatic rings. The zero-order valence-electron chi connectivity index (χ0n) is 19.4. The molecule has 0 spiro atoms. The lowest BCUT2D eigenvalue weighted by atomic mass is 9.85. The number of aliphatic carboxylic acids is 1. The van der Waals surface area contributed by atoms with Crippen molar-refractivity contribution in [2.45, 2.75) is 77.3 Å². The van der Waals surface area contributed by atoms with Crippen LogP contribution >= 0.6 is 11.3 Å². The third-order valence-corrected chi connectivity index (χ3v) is 7.60. The summed E-state index contributed by atoms with van der Waals surface area (Å²) in [4.78, 5) is 30.4. The Labute approximate surface area is 199 Å². The van der Waals surface area contributed by atoms with Crippen LogP contribution in [0, 0.1) is 5.92 Å². The average molecular weight is 468 g/mol. The maximum absolute atomic E-state index is 12.9. The molecule has 1 fully saturated rings. The third kappa shape index (κ3) is 5.46. The largest absolute Gasteiger partial charge is 0.481 e. The smallest absolute Gasteiger partial charge is 0.305 e. The number of carbonyl (C=O) groups is 2. The number of fused-ring (bicyclic) bond motifs is 1. The number of carbonyl (C=O) groups excluding carboxylic acids is 1. The van der Waals surface area contributed by atoms with Gasteiger partial charge < -0.3 is 15.0 Å². The molecule has 2 aromatic heterocycles. The molecule has 7 heteroatoms. The minimum Gasteiger partial charge on any atom is -0.481 e. The second kappa shape index (κ2) is 10.5. The third-order valence-electron chi connectivity index (χ3n) is 6.73. The Bertz CT molecular complexity index is 1110. The second-order valence-corrected chi connectivity index (χ2v) is 10.3. The van der Waals surface area contributed by atoms with E-state index in [-0.39, 0.29) is 18.4 Å². The first-order valence-corrected chi connectivity index (χ1v) is 12.9. The van der Waals surface area contributed by atoms with E-state index in [9.17, 15) is 9.59 Å². The Hall–Kier alpha value is -2.67. The number of amides is 1. The lowest BCUT2D eigenvalue weighted by molar-refractivity contribution is -0.137. The van der Waals surface area contributed by atoms with Gasteiger partial charge in [0.1, 0.15) is 5.82 Å². The van der Waals surface area contributed by atoms with E-state index in [4.69, 9.17) is 10.1 Å². The summed E-state index contributed by atoms with van der Waals surface area (Å²) in [5, 5.41) is 14.2. The molecule has 3 unspecified atom stereocenters. The lowest BCUT2D eigenvalue weighted by Crippen LogP contribution is -2.36. The van der Waals surface area contributed by atoms with Gasteiger partial charge in [0.2, 0.25) is 0 Å². The minimum atomic E-state index is -0.900. The van der Waals surface area contributed by atoms with Crippen molar-refractivity contribution >= 4 is 34.2 Å². The summed E-state index contributed by atoms with van der Waals surface area (Å²) in [6.45, 7) is 4.32. The molecule has 1 aliphatic carbocycles. The summed E-state index contributed by atoms with van der Waals surface area (Å²) >= 11 is 1.74. The molecule has 1 saturated carbocycles. The average Bonchev–Trinajstić information content (AvgIpc) is 3.41. The van der Waals surface area contributed by atoms with Crippen molar-refractivity contribution in [1.29, 1.82) is 0 Å². The Morgan fingerprint density at radius 3 is 2.79 bits per heavy atom. The highest BCUT2D eigenvalue weighted by Gasteiger charge is 2.27. The van der Waals surface area contributed by atoms with Gasteiger partial charge in [-0.05, 0) is 54.8 Å². The van der Waals surface area contributed by atoms with Gasteiger partial charge in [-0.25, -0.2) is 4.98 Å². The maximum Gasteiger partial charge on any atom is 0.305 e. The fraction of sp³-hybridized carbons (Fsp3) is 0.500. The molecular formula is C26H33N3O3S. The summed E-state index contributed by atoms with van der Waals surface area (Å²) in [5.41, 5.74) is 2.43. The Morgan fingerprint density at radius 2 is 2.09 bits per heavy atom. The molecule has 0 saturated heterocycles. The minimum absolute atomic E-state index is 0.0685. The van der Waals surface area contributed by atoms with E-state index >= 15 is 0 Å². The number of carboxylic acid groups (broad SMARTS) is 1. The summed E-state index contributed by atoms with van der Waals surface area (Å²) in [5.74, 6) is 0.505. The van der Waals surface area contributed by atoms with E-state index in [0.29, 0.717) is 23.9 Å². The van der Waals surface area contributed by atoms with Crippen LogP contribution in [0.1, 0.15) is 85.9 Å². The number of hydrogen-bond donors (Lipinski definition) is 2. The van der Waals surface area contributed by atoms with E-state index in [0.717, 1.165) is 36.1 Å². The molecule has 2 N–H and O–H groups in total. The van der Waals surface area contributed by atoms with Crippen LogP contribution in [0.5, 0.6) is 0 Å². The molecule has 4 rings (SSSR count). The van der Waals surface area contributed by atoms with Crippen molar-refractivity contribution in [3.05, 3.63) is 52.0 Å². The number of hydrogen-bond acceptors (Lipinski definition) is 4. The van der Waals surface area contributed by atoms with Gasteiger partial charge in [-0.2, -0.15) is 0 Å². The van der Waals surface area contributed by atoms with Crippen molar-refractivity contribution in [2.75, 3.05) is 0 Å². The topological polar surface area (TPSA) is 84.2 Å². The van der Waals surface area contributed by atoms with E-state index in [1.54, 1.807) is 11.3 Å². The SMILES string of the molecule is CCCC(CC(=O)O)NC(=O)c1ccc2c(c1)nc(Cc1cccs1)n2C1CCCCC1C. The Morgan fingerprint density at radius 1 is 1.27 bits per heavy atom. The van der Waals surface area contributed by atoms with Gasteiger partial charge in [0.25, 0.3) is 5.91 Å². The van der Waals surface area contributed by atoms with E-state index in [2.05, 4.69) is 34.3 Å². The van der Waals surface area contributed by atoms with Crippen molar-refractivity contribution < 1.29 is 14.7 Å².